The summed E-state index contributed by atoms with van der Waals surface area (Å²) in [6, 6.07) is 5.51. The number of hydrogen-bond donors (Lipinski definition) is 1. The summed E-state index contributed by atoms with van der Waals surface area (Å²) in [6.45, 7) is 1.80. The van der Waals surface area contributed by atoms with Gasteiger partial charge < -0.3 is 10.1 Å². The Balaban J connectivity index is 1.84. The average Bonchev–Trinajstić information content (AvgIpc) is 2.95. The maximum Gasteiger partial charge on any atom is 0.413 e. The first kappa shape index (κ1) is 13.6. The molecule has 0 aromatic carbocycles. The van der Waals surface area contributed by atoms with Crippen molar-refractivity contribution in [1.82, 2.24) is 14.7 Å². The van der Waals surface area contributed by atoms with Crippen LogP contribution in [0.3, 0.4) is 0 Å². The molecule has 0 spiro atoms. The van der Waals surface area contributed by atoms with E-state index in [9.17, 15) is 9.59 Å². The molecule has 2 aromatic rings. The number of carbonyl (C=O) groups is 1. The molecule has 0 unspecified atom stereocenters. The number of pyridine rings is 1. The normalized spacial score (nSPS) is 15.3. The lowest BCUT2D eigenvalue weighted by molar-refractivity contribution is 0.195. The second-order valence-electron chi connectivity index (χ2n) is 5.30. The van der Waals surface area contributed by atoms with Crippen molar-refractivity contribution in [2.45, 2.75) is 38.6 Å². The van der Waals surface area contributed by atoms with Crippen molar-refractivity contribution in [1.29, 1.82) is 0 Å². The van der Waals surface area contributed by atoms with Crippen LogP contribution in [0.25, 0.3) is 5.65 Å². The molecule has 1 aliphatic rings. The predicted octanol–water partition coefficient (Wildman–Crippen LogP) is 2.03. The summed E-state index contributed by atoms with van der Waals surface area (Å²) >= 11 is 0. The van der Waals surface area contributed by atoms with E-state index in [1.165, 1.54) is 10.6 Å². The number of amides is 1. The minimum absolute atomic E-state index is 0.0581. The summed E-state index contributed by atoms with van der Waals surface area (Å²) in [5.74, 6) is -0.0581. The van der Waals surface area contributed by atoms with Crippen LogP contribution in [0.2, 0.25) is 0 Å². The van der Waals surface area contributed by atoms with Crippen LogP contribution in [0.4, 0.5) is 4.79 Å². The van der Waals surface area contributed by atoms with Crippen molar-refractivity contribution >= 4 is 11.7 Å². The van der Waals surface area contributed by atoms with Gasteiger partial charge in [-0.25, -0.2) is 9.78 Å². The molecular weight excluding hydrogens is 270 g/mol. The topological polar surface area (TPSA) is 72.7 Å². The molecule has 1 fully saturated rings. The van der Waals surface area contributed by atoms with E-state index in [1.54, 1.807) is 19.1 Å². The molecular formula is C15H17N3O3. The number of aromatic nitrogens is 2. The summed E-state index contributed by atoms with van der Waals surface area (Å²) < 4.78 is 6.55. The second kappa shape index (κ2) is 5.55. The van der Waals surface area contributed by atoms with Crippen molar-refractivity contribution in [2.24, 2.45) is 0 Å². The molecule has 0 bridgehead atoms. The molecule has 1 amide bonds. The lowest BCUT2D eigenvalue weighted by Crippen LogP contribution is -2.36. The molecule has 1 N–H and O–H groups in total. The highest BCUT2D eigenvalue weighted by molar-refractivity contribution is 5.70. The molecule has 2 heterocycles. The SMILES string of the molecule is Cc1cccc2ncc(OC(=O)NC3CCCC3)c(=O)n12. The molecule has 21 heavy (non-hydrogen) atoms. The van der Waals surface area contributed by atoms with Crippen molar-refractivity contribution < 1.29 is 9.53 Å². The summed E-state index contributed by atoms with van der Waals surface area (Å²) in [4.78, 5) is 28.3. The van der Waals surface area contributed by atoms with E-state index in [-0.39, 0.29) is 17.4 Å². The third kappa shape index (κ3) is 2.74. The minimum Gasteiger partial charge on any atom is -0.403 e. The van der Waals surface area contributed by atoms with E-state index >= 15 is 0 Å². The standard InChI is InChI=1S/C15H17N3O3/c1-10-5-4-8-13-16-9-12(14(19)18(10)13)21-15(20)17-11-6-2-3-7-11/h4-5,8-9,11H,2-3,6-7H2,1H3,(H,17,20). The van der Waals surface area contributed by atoms with E-state index in [2.05, 4.69) is 10.3 Å². The number of hydrogen-bond acceptors (Lipinski definition) is 4. The van der Waals surface area contributed by atoms with Gasteiger partial charge in [-0.1, -0.05) is 18.9 Å². The van der Waals surface area contributed by atoms with Gasteiger partial charge in [0.2, 0.25) is 5.75 Å². The van der Waals surface area contributed by atoms with E-state index in [1.807, 2.05) is 6.07 Å². The Hall–Kier alpha value is -2.37. The fourth-order valence-corrected chi connectivity index (χ4v) is 2.69. The summed E-state index contributed by atoms with van der Waals surface area (Å²) in [5.41, 5.74) is 0.898. The summed E-state index contributed by atoms with van der Waals surface area (Å²) in [6.07, 6.45) is 4.86. The van der Waals surface area contributed by atoms with Gasteiger partial charge in [0.1, 0.15) is 5.65 Å². The molecule has 0 radical (unpaired) electrons. The Bertz CT molecular complexity index is 733. The fourth-order valence-electron chi connectivity index (χ4n) is 2.69. The molecule has 3 rings (SSSR count). The van der Waals surface area contributed by atoms with E-state index < -0.39 is 6.09 Å². The first-order chi connectivity index (χ1) is 10.1. The van der Waals surface area contributed by atoms with Crippen molar-refractivity contribution in [3.05, 3.63) is 40.4 Å². The molecule has 0 aliphatic heterocycles. The van der Waals surface area contributed by atoms with Crippen LogP contribution in [0.15, 0.2) is 29.2 Å². The number of rotatable bonds is 2. The number of nitrogens with one attached hydrogen (secondary N) is 1. The lowest BCUT2D eigenvalue weighted by Gasteiger charge is -2.12. The Labute approximate surface area is 121 Å². The highest BCUT2D eigenvalue weighted by atomic mass is 16.6. The van der Waals surface area contributed by atoms with E-state index in [4.69, 9.17) is 4.74 Å². The van der Waals surface area contributed by atoms with Gasteiger partial charge in [-0.3, -0.25) is 9.20 Å². The number of aryl methyl sites for hydroxylation is 1. The van der Waals surface area contributed by atoms with Gasteiger partial charge in [0.15, 0.2) is 0 Å². The van der Waals surface area contributed by atoms with Gasteiger partial charge in [0, 0.05) is 11.7 Å². The zero-order chi connectivity index (χ0) is 14.8. The molecule has 110 valence electrons. The van der Waals surface area contributed by atoms with Crippen LogP contribution in [0.1, 0.15) is 31.4 Å². The fraction of sp³-hybridized carbons (Fsp3) is 0.400. The molecule has 2 aromatic heterocycles. The maximum absolute atomic E-state index is 12.3. The minimum atomic E-state index is -0.589. The van der Waals surface area contributed by atoms with Crippen molar-refractivity contribution in [2.75, 3.05) is 0 Å². The van der Waals surface area contributed by atoms with Crippen molar-refractivity contribution in [3.63, 3.8) is 0 Å². The largest absolute Gasteiger partial charge is 0.413 e. The first-order valence-corrected chi connectivity index (χ1v) is 7.11. The predicted molar refractivity (Wildman–Crippen MR) is 77.6 cm³/mol. The summed E-state index contributed by atoms with van der Waals surface area (Å²) in [5, 5.41) is 2.78. The smallest absolute Gasteiger partial charge is 0.403 e. The second-order valence-corrected chi connectivity index (χ2v) is 5.30. The van der Waals surface area contributed by atoms with E-state index in [0.29, 0.717) is 5.65 Å². The molecule has 0 saturated heterocycles. The molecule has 0 atom stereocenters. The van der Waals surface area contributed by atoms with Crippen LogP contribution in [-0.2, 0) is 0 Å². The van der Waals surface area contributed by atoms with Crippen LogP contribution in [0, 0.1) is 6.92 Å². The lowest BCUT2D eigenvalue weighted by atomic mass is 10.3. The maximum atomic E-state index is 12.3. The van der Waals surface area contributed by atoms with Crippen LogP contribution in [-0.4, -0.2) is 21.5 Å². The van der Waals surface area contributed by atoms with Crippen LogP contribution in [0.5, 0.6) is 5.75 Å². The average molecular weight is 287 g/mol. The van der Waals surface area contributed by atoms with Crippen LogP contribution >= 0.6 is 0 Å². The Morgan fingerprint density at radius 3 is 2.90 bits per heavy atom. The number of carbonyl (C=O) groups excluding carboxylic acids is 1. The monoisotopic (exact) mass is 287 g/mol. The number of nitrogens with zero attached hydrogens (tertiary/aromatic N) is 2. The van der Waals surface area contributed by atoms with Gasteiger partial charge in [0.25, 0.3) is 0 Å². The Morgan fingerprint density at radius 1 is 1.38 bits per heavy atom. The van der Waals surface area contributed by atoms with E-state index in [0.717, 1.165) is 31.4 Å². The first-order valence-electron chi connectivity index (χ1n) is 7.11. The third-order valence-electron chi connectivity index (χ3n) is 3.77. The molecule has 6 heteroatoms. The van der Waals surface area contributed by atoms with Gasteiger partial charge in [0.05, 0.1) is 6.20 Å². The Kier molecular flexibility index (Phi) is 3.60. The van der Waals surface area contributed by atoms with Crippen LogP contribution < -0.4 is 15.6 Å². The Morgan fingerprint density at radius 2 is 2.14 bits per heavy atom. The number of ether oxygens (including phenoxy) is 1. The zero-order valence-corrected chi connectivity index (χ0v) is 11.8. The van der Waals surface area contributed by atoms with Crippen molar-refractivity contribution in [3.8, 4) is 5.75 Å². The molecule has 1 aliphatic carbocycles. The third-order valence-corrected chi connectivity index (χ3v) is 3.77. The van der Waals surface area contributed by atoms with Gasteiger partial charge in [-0.2, -0.15) is 0 Å². The quantitative estimate of drug-likeness (QED) is 0.917. The molecule has 1 saturated carbocycles. The number of fused-ring (bicyclic) bond motifs is 1. The highest BCUT2D eigenvalue weighted by Gasteiger charge is 2.19. The highest BCUT2D eigenvalue weighted by Crippen LogP contribution is 2.17. The van der Waals surface area contributed by atoms with Gasteiger partial charge >= 0.3 is 11.7 Å². The zero-order valence-electron chi connectivity index (χ0n) is 11.8. The summed E-state index contributed by atoms with van der Waals surface area (Å²) in [7, 11) is 0. The van der Waals surface area contributed by atoms with Gasteiger partial charge in [-0.15, -0.1) is 0 Å². The molecule has 6 nitrogen and oxygen atoms in total. The van der Waals surface area contributed by atoms with Gasteiger partial charge in [-0.05, 0) is 31.9 Å².